The van der Waals surface area contributed by atoms with Crippen LogP contribution in [-0.4, -0.2) is 11.6 Å². The van der Waals surface area contributed by atoms with E-state index in [1.165, 1.54) is 0 Å². The summed E-state index contributed by atoms with van der Waals surface area (Å²) < 4.78 is 5.29. The number of Topliss-reactive ketones (excluding diaryl/α,β-unsaturated/α-hetero) is 1. The molecule has 2 aliphatic rings. The second-order valence-corrected chi connectivity index (χ2v) is 4.50. The third-order valence-corrected chi connectivity index (χ3v) is 3.49. The average Bonchev–Trinajstić information content (AvgIpc) is 2.82. The largest absolute Gasteiger partial charge is 0.469 e. The van der Waals surface area contributed by atoms with E-state index in [2.05, 4.69) is 0 Å². The van der Waals surface area contributed by atoms with Crippen molar-refractivity contribution in [1.29, 1.82) is 0 Å². The molecule has 86 valence electrons. The Bertz CT molecular complexity index is 520. The van der Waals surface area contributed by atoms with E-state index < -0.39 is 0 Å². The van der Waals surface area contributed by atoms with Crippen molar-refractivity contribution in [1.82, 2.24) is 0 Å². The van der Waals surface area contributed by atoms with Crippen molar-refractivity contribution in [2.24, 2.45) is 5.92 Å². The zero-order valence-corrected chi connectivity index (χ0v) is 9.26. The fourth-order valence-corrected chi connectivity index (χ4v) is 2.59. The number of carbonyl (C=O) groups excluding carboxylic acids is 2. The molecule has 2 aliphatic carbocycles. The third kappa shape index (κ3) is 1.68. The Morgan fingerprint density at radius 3 is 2.88 bits per heavy atom. The second kappa shape index (κ2) is 3.84. The van der Waals surface area contributed by atoms with Crippen molar-refractivity contribution in [2.75, 3.05) is 0 Å². The summed E-state index contributed by atoms with van der Waals surface area (Å²) in [6.07, 6.45) is 7.68. The Labute approximate surface area is 98.8 Å². The fraction of sp³-hybridized carbons (Fsp3) is 0.286. The van der Waals surface area contributed by atoms with Crippen molar-refractivity contribution < 1.29 is 14.0 Å². The molecule has 3 nitrogen and oxygen atoms in total. The molecule has 3 rings (SSSR count). The van der Waals surface area contributed by atoms with Crippen LogP contribution in [0, 0.1) is 5.92 Å². The molecule has 0 aliphatic heterocycles. The van der Waals surface area contributed by atoms with E-state index in [4.69, 9.17) is 4.42 Å². The highest BCUT2D eigenvalue weighted by molar-refractivity contribution is 5.99. The smallest absolute Gasteiger partial charge is 0.162 e. The van der Waals surface area contributed by atoms with Crippen molar-refractivity contribution in [3.8, 4) is 0 Å². The molecule has 0 aromatic carbocycles. The fourth-order valence-electron chi connectivity index (χ4n) is 2.59. The van der Waals surface area contributed by atoms with Gasteiger partial charge in [-0.3, -0.25) is 9.59 Å². The molecule has 0 bridgehead atoms. The van der Waals surface area contributed by atoms with Gasteiger partial charge >= 0.3 is 0 Å². The summed E-state index contributed by atoms with van der Waals surface area (Å²) in [5.74, 6) is 0.531. The van der Waals surface area contributed by atoms with Crippen LogP contribution in [-0.2, 0) is 9.59 Å². The van der Waals surface area contributed by atoms with Gasteiger partial charge in [-0.1, -0.05) is 17.7 Å². The quantitative estimate of drug-likeness (QED) is 0.741. The van der Waals surface area contributed by atoms with Gasteiger partial charge in [0.15, 0.2) is 5.78 Å². The van der Waals surface area contributed by atoms with Gasteiger partial charge in [0.2, 0.25) is 0 Å². The Balaban J connectivity index is 1.92. The van der Waals surface area contributed by atoms with E-state index in [1.807, 2.05) is 6.08 Å². The first-order valence-corrected chi connectivity index (χ1v) is 5.73. The minimum atomic E-state index is -0.261. The van der Waals surface area contributed by atoms with Crippen LogP contribution in [0.1, 0.15) is 24.5 Å². The maximum atomic E-state index is 12.0. The molecule has 1 aromatic rings. The maximum Gasteiger partial charge on any atom is 0.162 e. The first-order valence-electron chi connectivity index (χ1n) is 5.73. The molecule has 0 amide bonds. The predicted octanol–water partition coefficient (Wildman–Crippen LogP) is 2.41. The van der Waals surface area contributed by atoms with E-state index in [1.54, 1.807) is 30.5 Å². The van der Waals surface area contributed by atoms with Gasteiger partial charge < -0.3 is 4.42 Å². The summed E-state index contributed by atoms with van der Waals surface area (Å²) in [5.41, 5.74) is 0.949. The van der Waals surface area contributed by atoms with Crippen LogP contribution in [0.3, 0.4) is 0 Å². The van der Waals surface area contributed by atoms with Crippen molar-refractivity contribution in [3.63, 3.8) is 0 Å². The molecule has 0 N–H and O–H groups in total. The molecule has 2 unspecified atom stereocenters. The van der Waals surface area contributed by atoms with Gasteiger partial charge in [0.25, 0.3) is 0 Å². The molecule has 3 heteroatoms. The molecule has 0 saturated heterocycles. The second-order valence-electron chi connectivity index (χ2n) is 4.50. The van der Waals surface area contributed by atoms with Gasteiger partial charge in [-0.15, -0.1) is 0 Å². The maximum absolute atomic E-state index is 12.0. The molecule has 0 radical (unpaired) electrons. The van der Waals surface area contributed by atoms with Crippen LogP contribution >= 0.6 is 0 Å². The number of allylic oxidation sites excluding steroid dienone is 4. The van der Waals surface area contributed by atoms with Crippen LogP contribution in [0.4, 0.5) is 0 Å². The number of rotatable bonds is 1. The van der Waals surface area contributed by atoms with Crippen LogP contribution in [0.5, 0.6) is 0 Å². The van der Waals surface area contributed by atoms with Crippen LogP contribution in [0.25, 0.3) is 0 Å². The number of hydrogen-bond acceptors (Lipinski definition) is 3. The number of ketones is 2. The zero-order chi connectivity index (χ0) is 11.8. The molecule has 1 heterocycles. The van der Waals surface area contributed by atoms with Gasteiger partial charge in [0, 0.05) is 12.3 Å². The van der Waals surface area contributed by atoms with Crippen LogP contribution in [0.15, 0.2) is 46.6 Å². The van der Waals surface area contributed by atoms with Crippen molar-refractivity contribution in [2.45, 2.75) is 18.8 Å². The van der Waals surface area contributed by atoms with Gasteiger partial charge in [0.1, 0.15) is 11.5 Å². The first-order chi connectivity index (χ1) is 8.25. The molecule has 1 fully saturated rings. The summed E-state index contributed by atoms with van der Waals surface area (Å²) in [6.45, 7) is 0. The minimum Gasteiger partial charge on any atom is -0.469 e. The van der Waals surface area contributed by atoms with Gasteiger partial charge in [0.05, 0.1) is 12.2 Å². The molecule has 17 heavy (non-hydrogen) atoms. The van der Waals surface area contributed by atoms with E-state index in [-0.39, 0.29) is 23.4 Å². The summed E-state index contributed by atoms with van der Waals surface area (Å²) in [5, 5.41) is 0. The first kappa shape index (κ1) is 10.3. The lowest BCUT2D eigenvalue weighted by molar-refractivity contribution is -0.123. The van der Waals surface area contributed by atoms with E-state index in [9.17, 15) is 9.59 Å². The van der Waals surface area contributed by atoms with Crippen LogP contribution < -0.4 is 0 Å². The van der Waals surface area contributed by atoms with Crippen molar-refractivity contribution >= 4 is 11.6 Å². The van der Waals surface area contributed by atoms with Gasteiger partial charge in [-0.25, -0.2) is 0 Å². The lowest BCUT2D eigenvalue weighted by Gasteiger charge is -2.29. The summed E-state index contributed by atoms with van der Waals surface area (Å²) in [4.78, 5) is 23.8. The summed E-state index contributed by atoms with van der Waals surface area (Å²) >= 11 is 0. The van der Waals surface area contributed by atoms with Crippen LogP contribution in [0.2, 0.25) is 0 Å². The van der Waals surface area contributed by atoms with Gasteiger partial charge in [-0.2, -0.15) is 0 Å². The SMILES string of the molecule is O=C1C=CC=C2CC(=O)C(c3ccco3)CC12. The standard InChI is InChI=1S/C14H12O3/c15-12-4-1-3-9-7-13(16)11(8-10(9)12)14-5-2-6-17-14/h1-6,10-11H,7-8H2. The monoisotopic (exact) mass is 228 g/mol. The highest BCUT2D eigenvalue weighted by Gasteiger charge is 2.37. The highest BCUT2D eigenvalue weighted by atomic mass is 16.3. The predicted molar refractivity (Wildman–Crippen MR) is 61.4 cm³/mol. The zero-order valence-electron chi connectivity index (χ0n) is 9.26. The molecule has 1 saturated carbocycles. The normalized spacial score (nSPS) is 27.9. The topological polar surface area (TPSA) is 47.3 Å². The summed E-state index contributed by atoms with van der Waals surface area (Å²) in [7, 11) is 0. The highest BCUT2D eigenvalue weighted by Crippen LogP contribution is 2.38. The molecule has 0 spiro atoms. The van der Waals surface area contributed by atoms with E-state index in [0.29, 0.717) is 18.6 Å². The number of carbonyl (C=O) groups is 2. The minimum absolute atomic E-state index is 0.103. The van der Waals surface area contributed by atoms with E-state index >= 15 is 0 Å². The van der Waals surface area contributed by atoms with Crippen molar-refractivity contribution in [3.05, 3.63) is 48.0 Å². The Hall–Kier alpha value is -1.90. The average molecular weight is 228 g/mol. The lowest BCUT2D eigenvalue weighted by atomic mass is 9.73. The lowest BCUT2D eigenvalue weighted by Crippen LogP contribution is -2.30. The molecular weight excluding hydrogens is 216 g/mol. The third-order valence-electron chi connectivity index (χ3n) is 3.49. The van der Waals surface area contributed by atoms with E-state index in [0.717, 1.165) is 5.57 Å². The van der Waals surface area contributed by atoms with Gasteiger partial charge in [-0.05, 0) is 24.6 Å². The summed E-state index contributed by atoms with van der Waals surface area (Å²) in [6, 6.07) is 3.58. The Morgan fingerprint density at radius 2 is 2.12 bits per heavy atom. The number of fused-ring (bicyclic) bond motifs is 1. The number of hydrogen-bond donors (Lipinski definition) is 0. The molecule has 2 atom stereocenters. The Kier molecular flexibility index (Phi) is 2.32. The molecule has 1 aromatic heterocycles. The Morgan fingerprint density at radius 1 is 1.24 bits per heavy atom. The number of furan rings is 1. The molecular formula is C14H12O3.